The summed E-state index contributed by atoms with van der Waals surface area (Å²) >= 11 is 0. The van der Waals surface area contributed by atoms with E-state index in [-0.39, 0.29) is 5.75 Å². The van der Waals surface area contributed by atoms with Crippen LogP contribution in [0, 0.1) is 0 Å². The first-order valence-corrected chi connectivity index (χ1v) is 6.21. The molecule has 1 aromatic heterocycles. The first-order chi connectivity index (χ1) is 9.74. The van der Waals surface area contributed by atoms with Crippen LogP contribution in [0.1, 0.15) is 0 Å². The van der Waals surface area contributed by atoms with Gasteiger partial charge in [0, 0.05) is 11.1 Å². The summed E-state index contributed by atoms with van der Waals surface area (Å²) in [6, 6.07) is 16.6. The number of aromatic hydroxyl groups is 1. The third-order valence-electron chi connectivity index (χ3n) is 2.98. The second-order valence-corrected chi connectivity index (χ2v) is 4.40. The maximum atomic E-state index is 9.38. The second kappa shape index (κ2) is 5.01. The van der Waals surface area contributed by atoms with E-state index in [1.54, 1.807) is 12.1 Å². The lowest BCUT2D eigenvalue weighted by Crippen LogP contribution is -1.98. The number of nitrogens with zero attached hydrogens (tertiary/aromatic N) is 2. The van der Waals surface area contributed by atoms with E-state index in [9.17, 15) is 5.11 Å². The number of nitrogens with two attached hydrogens (primary N) is 1. The SMILES string of the molecule is Nc1cnc(-c2ccc(O)cc2)c(-c2ccccc2)n1. The van der Waals surface area contributed by atoms with Gasteiger partial charge in [0.1, 0.15) is 11.6 Å². The monoisotopic (exact) mass is 263 g/mol. The van der Waals surface area contributed by atoms with Crippen LogP contribution in [-0.4, -0.2) is 15.1 Å². The van der Waals surface area contributed by atoms with Gasteiger partial charge >= 0.3 is 0 Å². The number of phenolic OH excluding ortho intramolecular Hbond substituents is 1. The quantitative estimate of drug-likeness (QED) is 0.745. The highest BCUT2D eigenvalue weighted by Gasteiger charge is 2.11. The first-order valence-electron chi connectivity index (χ1n) is 6.21. The summed E-state index contributed by atoms with van der Waals surface area (Å²) in [6.07, 6.45) is 1.54. The van der Waals surface area contributed by atoms with Crippen molar-refractivity contribution in [2.24, 2.45) is 0 Å². The van der Waals surface area contributed by atoms with Gasteiger partial charge in [-0.1, -0.05) is 30.3 Å². The molecule has 0 aliphatic carbocycles. The number of benzene rings is 2. The van der Waals surface area contributed by atoms with E-state index in [0.29, 0.717) is 5.82 Å². The van der Waals surface area contributed by atoms with Gasteiger partial charge in [0.25, 0.3) is 0 Å². The molecule has 3 N–H and O–H groups in total. The molecule has 4 nitrogen and oxygen atoms in total. The molecule has 0 spiro atoms. The smallest absolute Gasteiger partial charge is 0.142 e. The Bertz CT molecular complexity index is 724. The fourth-order valence-electron chi connectivity index (χ4n) is 2.03. The van der Waals surface area contributed by atoms with E-state index < -0.39 is 0 Å². The zero-order chi connectivity index (χ0) is 13.9. The molecule has 3 rings (SSSR count). The Labute approximate surface area is 116 Å². The summed E-state index contributed by atoms with van der Waals surface area (Å²) in [6.45, 7) is 0. The van der Waals surface area contributed by atoms with Crippen molar-refractivity contribution in [1.29, 1.82) is 0 Å². The molecule has 3 aromatic rings. The van der Waals surface area contributed by atoms with Crippen molar-refractivity contribution in [2.45, 2.75) is 0 Å². The molecule has 1 heterocycles. The van der Waals surface area contributed by atoms with Gasteiger partial charge in [-0.2, -0.15) is 0 Å². The molecule has 0 fully saturated rings. The summed E-state index contributed by atoms with van der Waals surface area (Å²) < 4.78 is 0. The van der Waals surface area contributed by atoms with Crippen molar-refractivity contribution in [3.8, 4) is 28.3 Å². The van der Waals surface area contributed by atoms with Crippen molar-refractivity contribution in [2.75, 3.05) is 5.73 Å². The number of anilines is 1. The molecule has 2 aromatic carbocycles. The molecule has 0 amide bonds. The summed E-state index contributed by atoms with van der Waals surface area (Å²) in [5.74, 6) is 0.602. The average molecular weight is 263 g/mol. The van der Waals surface area contributed by atoms with Crippen LogP contribution in [0.15, 0.2) is 60.8 Å². The fraction of sp³-hybridized carbons (Fsp3) is 0. The first kappa shape index (κ1) is 12.2. The van der Waals surface area contributed by atoms with Gasteiger partial charge in [-0.25, -0.2) is 4.98 Å². The Hall–Kier alpha value is -2.88. The largest absolute Gasteiger partial charge is 0.508 e. The highest BCUT2D eigenvalue weighted by molar-refractivity contribution is 5.78. The average Bonchev–Trinajstić information content (AvgIpc) is 2.49. The minimum atomic E-state index is 0.221. The summed E-state index contributed by atoms with van der Waals surface area (Å²) in [5.41, 5.74) is 9.06. The number of hydrogen-bond acceptors (Lipinski definition) is 4. The molecule has 4 heteroatoms. The number of rotatable bonds is 2. The molecular weight excluding hydrogens is 250 g/mol. The number of hydrogen-bond donors (Lipinski definition) is 2. The highest BCUT2D eigenvalue weighted by atomic mass is 16.3. The number of phenols is 1. The fourth-order valence-corrected chi connectivity index (χ4v) is 2.03. The third-order valence-corrected chi connectivity index (χ3v) is 2.98. The highest BCUT2D eigenvalue weighted by Crippen LogP contribution is 2.29. The molecule has 0 bridgehead atoms. The minimum absolute atomic E-state index is 0.221. The summed E-state index contributed by atoms with van der Waals surface area (Å²) in [5, 5.41) is 9.38. The Morgan fingerprint density at radius 3 is 2.15 bits per heavy atom. The molecule has 0 atom stereocenters. The standard InChI is InChI=1S/C16H13N3O/c17-14-10-18-15(12-6-8-13(20)9-7-12)16(19-14)11-4-2-1-3-5-11/h1-10,20H,(H2,17,19). The molecule has 0 saturated heterocycles. The van der Waals surface area contributed by atoms with E-state index in [0.717, 1.165) is 22.5 Å². The topological polar surface area (TPSA) is 72.0 Å². The van der Waals surface area contributed by atoms with Gasteiger partial charge in [-0.05, 0) is 24.3 Å². The van der Waals surface area contributed by atoms with Crippen LogP contribution in [-0.2, 0) is 0 Å². The van der Waals surface area contributed by atoms with Crippen LogP contribution in [0.5, 0.6) is 5.75 Å². The van der Waals surface area contributed by atoms with E-state index in [1.165, 1.54) is 6.20 Å². The molecule has 98 valence electrons. The Balaban J connectivity index is 2.19. The van der Waals surface area contributed by atoms with Crippen LogP contribution in [0.4, 0.5) is 5.82 Å². The van der Waals surface area contributed by atoms with E-state index in [2.05, 4.69) is 9.97 Å². The lowest BCUT2D eigenvalue weighted by Gasteiger charge is -2.09. The van der Waals surface area contributed by atoms with Gasteiger partial charge in [-0.15, -0.1) is 0 Å². The molecule has 0 saturated carbocycles. The molecule has 0 radical (unpaired) electrons. The minimum Gasteiger partial charge on any atom is -0.508 e. The Morgan fingerprint density at radius 2 is 1.45 bits per heavy atom. The van der Waals surface area contributed by atoms with Crippen molar-refractivity contribution < 1.29 is 5.11 Å². The van der Waals surface area contributed by atoms with Gasteiger partial charge in [-0.3, -0.25) is 4.98 Å². The number of nitrogen functional groups attached to an aromatic ring is 1. The summed E-state index contributed by atoms with van der Waals surface area (Å²) in [4.78, 5) is 8.78. The zero-order valence-electron chi connectivity index (χ0n) is 10.7. The van der Waals surface area contributed by atoms with Crippen LogP contribution in [0.3, 0.4) is 0 Å². The van der Waals surface area contributed by atoms with Gasteiger partial charge in [0.2, 0.25) is 0 Å². The van der Waals surface area contributed by atoms with E-state index >= 15 is 0 Å². The normalized spacial score (nSPS) is 10.4. The van der Waals surface area contributed by atoms with Gasteiger partial charge in [0.05, 0.1) is 17.6 Å². The van der Waals surface area contributed by atoms with Gasteiger partial charge < -0.3 is 10.8 Å². The van der Waals surface area contributed by atoms with Gasteiger partial charge in [0.15, 0.2) is 0 Å². The lowest BCUT2D eigenvalue weighted by atomic mass is 10.0. The predicted molar refractivity (Wildman–Crippen MR) is 79.0 cm³/mol. The third kappa shape index (κ3) is 2.31. The van der Waals surface area contributed by atoms with Crippen molar-refractivity contribution in [3.63, 3.8) is 0 Å². The number of aromatic nitrogens is 2. The Kier molecular flexibility index (Phi) is 3.05. The van der Waals surface area contributed by atoms with Crippen molar-refractivity contribution >= 4 is 5.82 Å². The van der Waals surface area contributed by atoms with Crippen molar-refractivity contribution in [1.82, 2.24) is 9.97 Å². The van der Waals surface area contributed by atoms with E-state index in [4.69, 9.17) is 5.73 Å². The van der Waals surface area contributed by atoms with E-state index in [1.807, 2.05) is 42.5 Å². The van der Waals surface area contributed by atoms with Crippen molar-refractivity contribution in [3.05, 3.63) is 60.8 Å². The molecule has 0 aliphatic heterocycles. The van der Waals surface area contributed by atoms with Crippen LogP contribution < -0.4 is 5.73 Å². The molecular formula is C16H13N3O. The predicted octanol–water partition coefficient (Wildman–Crippen LogP) is 3.10. The molecule has 0 unspecified atom stereocenters. The van der Waals surface area contributed by atoms with Crippen LogP contribution >= 0.6 is 0 Å². The van der Waals surface area contributed by atoms with Crippen LogP contribution in [0.2, 0.25) is 0 Å². The second-order valence-electron chi connectivity index (χ2n) is 4.40. The van der Waals surface area contributed by atoms with Crippen LogP contribution in [0.25, 0.3) is 22.5 Å². The Morgan fingerprint density at radius 1 is 0.800 bits per heavy atom. The molecule has 20 heavy (non-hydrogen) atoms. The zero-order valence-corrected chi connectivity index (χ0v) is 10.7. The maximum absolute atomic E-state index is 9.38. The molecule has 0 aliphatic rings. The summed E-state index contributed by atoms with van der Waals surface area (Å²) in [7, 11) is 0. The lowest BCUT2D eigenvalue weighted by molar-refractivity contribution is 0.475. The maximum Gasteiger partial charge on any atom is 0.142 e.